The molecule has 0 N–H and O–H groups in total. The van der Waals surface area contributed by atoms with Gasteiger partial charge in [0.2, 0.25) is 0 Å². The van der Waals surface area contributed by atoms with Crippen LogP contribution in [0.2, 0.25) is 0 Å². The van der Waals surface area contributed by atoms with Gasteiger partial charge in [0, 0.05) is 19.3 Å². The fraction of sp³-hybridized carbons (Fsp3) is 0.943. The van der Waals surface area contributed by atoms with Crippen LogP contribution in [-0.4, -0.2) is 37.2 Å². The minimum absolute atomic E-state index is 0.0649. The second-order valence-electron chi connectivity index (χ2n) is 19.6. The zero-order valence-electron chi connectivity index (χ0n) is 40.5. The Balaban J connectivity index is 4.29. The lowest BCUT2D eigenvalue weighted by atomic mass is 10.0. The Kier molecular flexibility index (Phi) is 43.3. The number of hydrogen-bond donors (Lipinski definition) is 0. The normalized spacial score (nSPS) is 12.2. The summed E-state index contributed by atoms with van der Waals surface area (Å²) >= 11 is 0. The molecule has 0 aliphatic carbocycles. The molecule has 6 nitrogen and oxygen atoms in total. The van der Waals surface area contributed by atoms with Gasteiger partial charge in [-0.3, -0.25) is 14.4 Å². The van der Waals surface area contributed by atoms with Gasteiger partial charge < -0.3 is 14.2 Å². The molecule has 0 rings (SSSR count). The van der Waals surface area contributed by atoms with E-state index in [0.717, 1.165) is 75.5 Å². The molecule has 0 aromatic heterocycles. The van der Waals surface area contributed by atoms with E-state index in [-0.39, 0.29) is 31.1 Å². The first-order valence-corrected chi connectivity index (χ1v) is 26.1. The minimum atomic E-state index is -0.763. The Bertz CT molecular complexity index is 914. The third-order valence-corrected chi connectivity index (χ3v) is 11.9. The summed E-state index contributed by atoms with van der Waals surface area (Å²) < 4.78 is 16.8. The highest BCUT2D eigenvalue weighted by atomic mass is 16.6. The van der Waals surface area contributed by atoms with Crippen LogP contribution in [0.25, 0.3) is 0 Å². The zero-order valence-corrected chi connectivity index (χ0v) is 40.5. The summed E-state index contributed by atoms with van der Waals surface area (Å²) in [5.74, 6) is 1.60. The first kappa shape index (κ1) is 57.4. The van der Waals surface area contributed by atoms with E-state index < -0.39 is 6.10 Å². The van der Waals surface area contributed by atoms with Crippen LogP contribution in [0.3, 0.4) is 0 Å². The van der Waals surface area contributed by atoms with Crippen molar-refractivity contribution in [3.63, 3.8) is 0 Å². The summed E-state index contributed by atoms with van der Waals surface area (Å²) in [4.78, 5) is 37.9. The largest absolute Gasteiger partial charge is 0.462 e. The molecule has 0 unspecified atom stereocenters. The molecule has 0 fully saturated rings. The molecule has 59 heavy (non-hydrogen) atoms. The molecular formula is C53H102O6. The van der Waals surface area contributed by atoms with Gasteiger partial charge in [0.05, 0.1) is 0 Å². The number of esters is 3. The summed E-state index contributed by atoms with van der Waals surface area (Å²) in [6.07, 6.45) is 43.8. The van der Waals surface area contributed by atoms with E-state index in [2.05, 4.69) is 41.5 Å². The topological polar surface area (TPSA) is 78.9 Å². The van der Waals surface area contributed by atoms with Crippen LogP contribution < -0.4 is 0 Å². The lowest BCUT2D eigenvalue weighted by Gasteiger charge is -2.18. The summed E-state index contributed by atoms with van der Waals surface area (Å²) in [5, 5.41) is 0. The van der Waals surface area contributed by atoms with E-state index in [1.807, 2.05) is 0 Å². The van der Waals surface area contributed by atoms with Gasteiger partial charge in [0.25, 0.3) is 0 Å². The highest BCUT2D eigenvalue weighted by Crippen LogP contribution is 2.18. The van der Waals surface area contributed by atoms with Crippen LogP contribution in [0.15, 0.2) is 0 Å². The zero-order chi connectivity index (χ0) is 43.4. The fourth-order valence-electron chi connectivity index (χ4n) is 7.94. The number of unbranched alkanes of at least 4 members (excludes halogenated alkanes) is 29. The van der Waals surface area contributed by atoms with Crippen LogP contribution in [0, 0.1) is 17.8 Å². The predicted octanol–water partition coefficient (Wildman–Crippen LogP) is 16.8. The van der Waals surface area contributed by atoms with Crippen molar-refractivity contribution in [2.45, 2.75) is 292 Å². The number of carbonyl (C=O) groups excluding carboxylic acids is 3. The van der Waals surface area contributed by atoms with Crippen LogP contribution in [-0.2, 0) is 28.6 Å². The van der Waals surface area contributed by atoms with Gasteiger partial charge in [-0.05, 0) is 37.0 Å². The van der Waals surface area contributed by atoms with Gasteiger partial charge in [-0.15, -0.1) is 0 Å². The van der Waals surface area contributed by atoms with Crippen LogP contribution in [0.1, 0.15) is 286 Å². The van der Waals surface area contributed by atoms with Crippen molar-refractivity contribution in [3.8, 4) is 0 Å². The third-order valence-electron chi connectivity index (χ3n) is 11.9. The number of ether oxygens (including phenoxy) is 3. The van der Waals surface area contributed by atoms with E-state index in [0.29, 0.717) is 19.3 Å². The highest BCUT2D eigenvalue weighted by Gasteiger charge is 2.19. The van der Waals surface area contributed by atoms with Gasteiger partial charge in [-0.25, -0.2) is 0 Å². The Morgan fingerprint density at radius 1 is 0.288 bits per heavy atom. The molecule has 0 radical (unpaired) electrons. The van der Waals surface area contributed by atoms with Crippen molar-refractivity contribution in [1.29, 1.82) is 0 Å². The van der Waals surface area contributed by atoms with E-state index in [1.54, 1.807) is 0 Å². The Morgan fingerprint density at radius 2 is 0.492 bits per heavy atom. The minimum Gasteiger partial charge on any atom is -0.462 e. The average molecular weight is 835 g/mol. The lowest BCUT2D eigenvalue weighted by molar-refractivity contribution is -0.167. The van der Waals surface area contributed by atoms with Crippen molar-refractivity contribution in [3.05, 3.63) is 0 Å². The molecule has 0 amide bonds. The van der Waals surface area contributed by atoms with E-state index in [4.69, 9.17) is 14.2 Å². The SMILES string of the molecule is CC(C)CCCCCCCCCCCCCCCC(=O)OC[C@@H](COC(=O)CCCCCCCCCC(C)C)OC(=O)CCCCCCCCCCCCCCC(C)C. The molecule has 350 valence electrons. The first-order valence-electron chi connectivity index (χ1n) is 26.1. The fourth-order valence-corrected chi connectivity index (χ4v) is 7.94. The summed E-state index contributed by atoms with van der Waals surface area (Å²) in [7, 11) is 0. The molecule has 0 aliphatic rings. The molecule has 0 aromatic carbocycles. The third kappa shape index (κ3) is 47.3. The predicted molar refractivity (Wildman–Crippen MR) is 252 cm³/mol. The van der Waals surface area contributed by atoms with Crippen LogP contribution in [0.4, 0.5) is 0 Å². The maximum atomic E-state index is 12.8. The van der Waals surface area contributed by atoms with Crippen molar-refractivity contribution in [1.82, 2.24) is 0 Å². The van der Waals surface area contributed by atoms with Crippen LogP contribution in [0.5, 0.6) is 0 Å². The molecule has 0 bridgehead atoms. The monoisotopic (exact) mass is 835 g/mol. The van der Waals surface area contributed by atoms with Crippen molar-refractivity contribution >= 4 is 17.9 Å². The average Bonchev–Trinajstić information content (AvgIpc) is 3.19. The first-order chi connectivity index (χ1) is 28.6. The molecule has 6 heteroatoms. The molecule has 0 aliphatic heterocycles. The highest BCUT2D eigenvalue weighted by molar-refractivity contribution is 5.71. The smallest absolute Gasteiger partial charge is 0.306 e. The van der Waals surface area contributed by atoms with Crippen LogP contribution >= 0.6 is 0 Å². The van der Waals surface area contributed by atoms with Gasteiger partial charge in [0.15, 0.2) is 6.10 Å². The van der Waals surface area contributed by atoms with E-state index >= 15 is 0 Å². The molecule has 0 spiro atoms. The van der Waals surface area contributed by atoms with Crippen molar-refractivity contribution < 1.29 is 28.6 Å². The number of rotatable bonds is 46. The lowest BCUT2D eigenvalue weighted by Crippen LogP contribution is -2.30. The number of carbonyl (C=O) groups is 3. The van der Waals surface area contributed by atoms with E-state index in [1.165, 1.54) is 167 Å². The maximum Gasteiger partial charge on any atom is 0.306 e. The summed E-state index contributed by atoms with van der Waals surface area (Å²) in [5.41, 5.74) is 0. The Labute approximate surface area is 368 Å². The quantitative estimate of drug-likeness (QED) is 0.0345. The van der Waals surface area contributed by atoms with Gasteiger partial charge in [-0.1, -0.05) is 247 Å². The second kappa shape index (κ2) is 44.5. The molecule has 0 heterocycles. The molecule has 0 saturated heterocycles. The standard InChI is InChI=1S/C53H102O6/c1-47(2)39-33-27-21-16-12-8-7-9-14-18-24-30-36-42-51(54)57-45-50(46-58-52(55)43-37-31-26-20-23-29-35-41-49(5)6)59-53(56)44-38-32-25-19-15-11-10-13-17-22-28-34-40-48(3)4/h47-50H,7-46H2,1-6H3/t50-/m0/s1. The molecule has 0 saturated carbocycles. The summed E-state index contributed by atoms with van der Waals surface area (Å²) in [6.45, 7) is 13.7. The number of hydrogen-bond acceptors (Lipinski definition) is 6. The van der Waals surface area contributed by atoms with Crippen molar-refractivity contribution in [2.75, 3.05) is 13.2 Å². The van der Waals surface area contributed by atoms with Crippen molar-refractivity contribution in [2.24, 2.45) is 17.8 Å². The maximum absolute atomic E-state index is 12.8. The molecule has 0 aromatic rings. The Hall–Kier alpha value is -1.59. The molecule has 1 atom stereocenters. The van der Waals surface area contributed by atoms with E-state index in [9.17, 15) is 14.4 Å². The summed E-state index contributed by atoms with van der Waals surface area (Å²) in [6, 6.07) is 0. The van der Waals surface area contributed by atoms with Gasteiger partial charge >= 0.3 is 17.9 Å². The second-order valence-corrected chi connectivity index (χ2v) is 19.6. The van der Waals surface area contributed by atoms with Gasteiger partial charge in [0.1, 0.15) is 13.2 Å². The van der Waals surface area contributed by atoms with Gasteiger partial charge in [-0.2, -0.15) is 0 Å². The molecular weight excluding hydrogens is 733 g/mol. The Morgan fingerprint density at radius 3 is 0.729 bits per heavy atom.